The number of aromatic nitrogens is 2. The van der Waals surface area contributed by atoms with Crippen LogP contribution in [0, 0.1) is 0 Å². The predicted octanol–water partition coefficient (Wildman–Crippen LogP) is 1.70. The fourth-order valence-electron chi connectivity index (χ4n) is 0.628. The molecule has 1 aromatic rings. The summed E-state index contributed by atoms with van der Waals surface area (Å²) >= 11 is 5.26. The highest BCUT2D eigenvalue weighted by Gasteiger charge is 2.22. The van der Waals surface area contributed by atoms with Gasteiger partial charge < -0.3 is 5.11 Å². The van der Waals surface area contributed by atoms with Crippen LogP contribution in [-0.2, 0) is 0 Å². The maximum Gasteiger partial charge on any atom is 0.357 e. The third kappa shape index (κ3) is 1.38. The molecule has 0 bridgehead atoms. The van der Waals surface area contributed by atoms with Crippen LogP contribution in [0.1, 0.15) is 22.6 Å². The molecule has 1 heterocycles. The first-order chi connectivity index (χ1) is 5.54. The van der Waals surface area contributed by atoms with Crippen LogP contribution in [0.15, 0.2) is 0 Å². The van der Waals surface area contributed by atoms with Crippen molar-refractivity contribution in [3.05, 3.63) is 16.4 Å². The number of hydrogen-bond donors (Lipinski definition) is 2. The maximum atomic E-state index is 12.0. The molecule has 0 atom stereocenters. The topological polar surface area (TPSA) is 66.0 Å². The van der Waals surface area contributed by atoms with Gasteiger partial charge >= 0.3 is 5.97 Å². The molecule has 7 heteroatoms. The molecule has 12 heavy (non-hydrogen) atoms. The highest BCUT2D eigenvalue weighted by atomic mass is 35.5. The maximum absolute atomic E-state index is 12.0. The molecule has 66 valence electrons. The molecule has 0 aliphatic heterocycles. The van der Waals surface area contributed by atoms with E-state index >= 15 is 0 Å². The number of nitrogens with zero attached hydrogens (tertiary/aromatic N) is 1. The lowest BCUT2D eigenvalue weighted by Crippen LogP contribution is -1.96. The molecule has 0 spiro atoms. The summed E-state index contributed by atoms with van der Waals surface area (Å²) in [4.78, 5) is 10.2. The molecule has 0 saturated heterocycles. The average molecular weight is 197 g/mol. The van der Waals surface area contributed by atoms with Crippen LogP contribution in [-0.4, -0.2) is 21.3 Å². The van der Waals surface area contributed by atoms with E-state index < -0.39 is 28.8 Å². The zero-order valence-corrected chi connectivity index (χ0v) is 6.27. The smallest absolute Gasteiger partial charge is 0.357 e. The molecular formula is C5H3ClF2N2O2. The number of nitrogens with one attached hydrogen (secondary N) is 1. The van der Waals surface area contributed by atoms with Crippen molar-refractivity contribution in [2.45, 2.75) is 6.43 Å². The Bertz CT molecular complexity index is 312. The Labute approximate surface area is 70.1 Å². The van der Waals surface area contributed by atoms with Crippen molar-refractivity contribution < 1.29 is 18.7 Å². The Hall–Kier alpha value is -1.17. The molecule has 0 saturated carbocycles. The van der Waals surface area contributed by atoms with E-state index in [4.69, 9.17) is 16.7 Å². The van der Waals surface area contributed by atoms with Crippen LogP contribution in [0.3, 0.4) is 0 Å². The number of carboxylic acids is 1. The Kier molecular flexibility index (Phi) is 2.27. The van der Waals surface area contributed by atoms with E-state index in [0.29, 0.717) is 0 Å². The number of carboxylic acid groups (broad SMARTS) is 1. The summed E-state index contributed by atoms with van der Waals surface area (Å²) in [6, 6.07) is 0. The SMILES string of the molecule is O=C(O)c1n[nH]c(C(F)F)c1Cl. The largest absolute Gasteiger partial charge is 0.476 e. The van der Waals surface area contributed by atoms with Gasteiger partial charge in [0.05, 0.1) is 0 Å². The van der Waals surface area contributed by atoms with Crippen molar-refractivity contribution in [3.63, 3.8) is 0 Å². The van der Waals surface area contributed by atoms with E-state index in [0.717, 1.165) is 0 Å². The summed E-state index contributed by atoms with van der Waals surface area (Å²) in [6.07, 6.45) is -2.85. The van der Waals surface area contributed by atoms with Crippen molar-refractivity contribution in [2.24, 2.45) is 0 Å². The number of halogens is 3. The monoisotopic (exact) mass is 196 g/mol. The lowest BCUT2D eigenvalue weighted by Gasteiger charge is -1.92. The molecule has 0 aliphatic rings. The van der Waals surface area contributed by atoms with Crippen LogP contribution in [0.4, 0.5) is 8.78 Å². The summed E-state index contributed by atoms with van der Waals surface area (Å²) in [7, 11) is 0. The number of hydrogen-bond acceptors (Lipinski definition) is 2. The second-order valence-corrected chi connectivity index (χ2v) is 2.28. The predicted molar refractivity (Wildman–Crippen MR) is 35.5 cm³/mol. The molecule has 2 N–H and O–H groups in total. The number of carbonyl (C=O) groups is 1. The van der Waals surface area contributed by atoms with Gasteiger partial charge in [-0.1, -0.05) is 11.6 Å². The summed E-state index contributed by atoms with van der Waals surface area (Å²) in [5.74, 6) is -1.44. The number of aromatic carboxylic acids is 1. The minimum absolute atomic E-state index is 0.544. The molecule has 1 rings (SSSR count). The molecule has 1 aromatic heterocycles. The third-order valence-corrected chi connectivity index (χ3v) is 1.54. The summed E-state index contributed by atoms with van der Waals surface area (Å²) < 4.78 is 23.9. The zero-order chi connectivity index (χ0) is 9.30. The van der Waals surface area contributed by atoms with Crippen LogP contribution in [0.5, 0.6) is 0 Å². The van der Waals surface area contributed by atoms with Crippen molar-refractivity contribution in [3.8, 4) is 0 Å². The van der Waals surface area contributed by atoms with Crippen LogP contribution >= 0.6 is 11.6 Å². The van der Waals surface area contributed by atoms with Crippen LogP contribution in [0.25, 0.3) is 0 Å². The summed E-state index contributed by atoms with van der Waals surface area (Å²) in [5, 5.41) is 12.7. The van der Waals surface area contributed by atoms with Gasteiger partial charge in [-0.3, -0.25) is 5.10 Å². The summed E-state index contributed by atoms with van der Waals surface area (Å²) in [5.41, 5.74) is -1.26. The van der Waals surface area contributed by atoms with Gasteiger partial charge in [-0.25, -0.2) is 13.6 Å². The lowest BCUT2D eigenvalue weighted by atomic mass is 10.3. The van der Waals surface area contributed by atoms with E-state index in [-0.39, 0.29) is 0 Å². The Balaban J connectivity index is 3.13. The Morgan fingerprint density at radius 2 is 2.25 bits per heavy atom. The second kappa shape index (κ2) is 3.06. The number of alkyl halides is 2. The van der Waals surface area contributed by atoms with Gasteiger partial charge in [-0.05, 0) is 0 Å². The fourth-order valence-corrected chi connectivity index (χ4v) is 0.876. The molecule has 0 aromatic carbocycles. The number of rotatable bonds is 2. The van der Waals surface area contributed by atoms with E-state index in [9.17, 15) is 13.6 Å². The van der Waals surface area contributed by atoms with Crippen molar-refractivity contribution in [1.29, 1.82) is 0 Å². The van der Waals surface area contributed by atoms with Gasteiger partial charge in [0.15, 0.2) is 5.69 Å². The molecule has 0 amide bonds. The van der Waals surface area contributed by atoms with Crippen LogP contribution in [0.2, 0.25) is 5.02 Å². The van der Waals surface area contributed by atoms with Gasteiger partial charge in [0.2, 0.25) is 0 Å². The number of aromatic amines is 1. The highest BCUT2D eigenvalue weighted by Crippen LogP contribution is 2.26. The van der Waals surface area contributed by atoms with Crippen molar-refractivity contribution >= 4 is 17.6 Å². The lowest BCUT2D eigenvalue weighted by molar-refractivity contribution is 0.0690. The van der Waals surface area contributed by atoms with Gasteiger partial charge in [0.1, 0.15) is 10.7 Å². The first-order valence-corrected chi connectivity index (χ1v) is 3.17. The van der Waals surface area contributed by atoms with E-state index in [1.807, 2.05) is 5.10 Å². The zero-order valence-electron chi connectivity index (χ0n) is 5.51. The molecule has 0 aliphatic carbocycles. The summed E-state index contributed by atoms with van der Waals surface area (Å²) in [6.45, 7) is 0. The molecule has 4 nitrogen and oxygen atoms in total. The van der Waals surface area contributed by atoms with E-state index in [2.05, 4.69) is 5.10 Å². The minimum Gasteiger partial charge on any atom is -0.476 e. The van der Waals surface area contributed by atoms with Gasteiger partial charge in [0.25, 0.3) is 6.43 Å². The van der Waals surface area contributed by atoms with Gasteiger partial charge in [-0.15, -0.1) is 0 Å². The quantitative estimate of drug-likeness (QED) is 0.757. The normalized spacial score (nSPS) is 10.7. The fraction of sp³-hybridized carbons (Fsp3) is 0.200. The minimum atomic E-state index is -2.85. The molecule has 0 fully saturated rings. The second-order valence-electron chi connectivity index (χ2n) is 1.91. The van der Waals surface area contributed by atoms with E-state index in [1.165, 1.54) is 0 Å². The standard InChI is InChI=1S/C5H3ClF2N2O2/c6-1-2(4(7)8)9-10-3(1)5(11)12/h4H,(H,9,10)(H,11,12). The molecular weight excluding hydrogens is 194 g/mol. The Morgan fingerprint density at radius 3 is 2.50 bits per heavy atom. The highest BCUT2D eigenvalue weighted by molar-refractivity contribution is 6.33. The van der Waals surface area contributed by atoms with Crippen molar-refractivity contribution in [1.82, 2.24) is 10.2 Å². The first kappa shape index (κ1) is 8.92. The van der Waals surface area contributed by atoms with E-state index in [1.54, 1.807) is 0 Å². The third-order valence-electron chi connectivity index (χ3n) is 1.15. The molecule has 0 unspecified atom stereocenters. The van der Waals surface area contributed by atoms with Gasteiger partial charge in [-0.2, -0.15) is 5.10 Å². The Morgan fingerprint density at radius 1 is 1.67 bits per heavy atom. The van der Waals surface area contributed by atoms with Crippen LogP contribution < -0.4 is 0 Å². The first-order valence-electron chi connectivity index (χ1n) is 2.79. The van der Waals surface area contributed by atoms with Crippen molar-refractivity contribution in [2.75, 3.05) is 0 Å². The number of H-pyrrole nitrogens is 1. The average Bonchev–Trinajstić information content (AvgIpc) is 2.30. The van der Waals surface area contributed by atoms with Gasteiger partial charge in [0, 0.05) is 0 Å². The molecule has 0 radical (unpaired) electrons.